The lowest BCUT2D eigenvalue weighted by Crippen LogP contribution is -2.30. The van der Waals surface area contributed by atoms with Crippen LogP contribution in [0.4, 0.5) is 13.2 Å². The Labute approximate surface area is 156 Å². The lowest BCUT2D eigenvalue weighted by atomic mass is 10.0. The van der Waals surface area contributed by atoms with E-state index in [-0.39, 0.29) is 5.92 Å². The molecule has 2 nitrogen and oxygen atoms in total. The van der Waals surface area contributed by atoms with Gasteiger partial charge in [-0.3, -0.25) is 0 Å². The first-order valence-electron chi connectivity index (χ1n) is 8.61. The fourth-order valence-corrected chi connectivity index (χ4v) is 2.72. The average molecular weight is 372 g/mol. The quantitative estimate of drug-likeness (QED) is 0.527. The monoisotopic (exact) mass is 372 g/mol. The highest BCUT2D eigenvalue weighted by Crippen LogP contribution is 2.31. The molecule has 1 saturated heterocycles. The van der Waals surface area contributed by atoms with Crippen LogP contribution >= 0.6 is 0 Å². The van der Waals surface area contributed by atoms with E-state index >= 15 is 0 Å². The smallest absolute Gasteiger partial charge is 0.341 e. The molecule has 1 fully saturated rings. The molecular formula is C22H19F3O2. The van der Waals surface area contributed by atoms with E-state index in [0.29, 0.717) is 13.2 Å². The maximum Gasteiger partial charge on any atom is 0.416 e. The van der Waals surface area contributed by atoms with Crippen LogP contribution in [0, 0.1) is 17.8 Å². The van der Waals surface area contributed by atoms with Gasteiger partial charge in [-0.2, -0.15) is 13.2 Å². The average Bonchev–Trinajstić information content (AvgIpc) is 2.68. The third-order valence-electron chi connectivity index (χ3n) is 4.15. The zero-order chi connectivity index (χ0) is 19.3. The summed E-state index contributed by atoms with van der Waals surface area (Å²) in [4.78, 5) is 0. The summed E-state index contributed by atoms with van der Waals surface area (Å²) in [6.07, 6.45) is -0.847. The van der Waals surface area contributed by atoms with Gasteiger partial charge in [-0.1, -0.05) is 42.3 Å². The van der Waals surface area contributed by atoms with E-state index < -0.39 is 18.0 Å². The Morgan fingerprint density at radius 1 is 0.926 bits per heavy atom. The minimum Gasteiger partial charge on any atom is -0.341 e. The number of hydrogen-bond acceptors (Lipinski definition) is 2. The second kappa shape index (κ2) is 8.43. The standard InChI is InChI=1S/C22H19F3O2/c1-2-3-17-14-26-21(27-15-17)13-6-16-4-7-18(8-5-16)19-9-11-20(12-10-19)22(23,24)25/h2-5,7-12,17,21H,14-15H2,1H3. The first-order valence-corrected chi connectivity index (χ1v) is 8.61. The summed E-state index contributed by atoms with van der Waals surface area (Å²) in [6.45, 7) is 3.12. The van der Waals surface area contributed by atoms with Crippen molar-refractivity contribution in [3.05, 3.63) is 71.8 Å². The molecule has 0 unspecified atom stereocenters. The number of ether oxygens (including phenoxy) is 2. The lowest BCUT2D eigenvalue weighted by Gasteiger charge is -2.24. The molecule has 1 aliphatic rings. The van der Waals surface area contributed by atoms with Crippen LogP contribution in [0.3, 0.4) is 0 Å². The normalized spacial score (nSPS) is 20.3. The summed E-state index contributed by atoms with van der Waals surface area (Å²) in [5, 5.41) is 0. The highest BCUT2D eigenvalue weighted by atomic mass is 19.4. The van der Waals surface area contributed by atoms with Gasteiger partial charge in [0.25, 0.3) is 0 Å². The van der Waals surface area contributed by atoms with Crippen LogP contribution in [0.25, 0.3) is 11.1 Å². The lowest BCUT2D eigenvalue weighted by molar-refractivity contribution is -0.160. The van der Waals surface area contributed by atoms with Crippen LogP contribution in [-0.4, -0.2) is 19.5 Å². The minimum absolute atomic E-state index is 0.260. The third-order valence-corrected chi connectivity index (χ3v) is 4.15. The van der Waals surface area contributed by atoms with Crippen molar-refractivity contribution in [3.63, 3.8) is 0 Å². The number of halogens is 3. The van der Waals surface area contributed by atoms with Gasteiger partial charge >= 0.3 is 6.18 Å². The Kier molecular flexibility index (Phi) is 6.00. The van der Waals surface area contributed by atoms with Crippen molar-refractivity contribution in [2.24, 2.45) is 5.92 Å². The first kappa shape index (κ1) is 19.2. The van der Waals surface area contributed by atoms with Gasteiger partial charge in [0.05, 0.1) is 18.8 Å². The number of allylic oxidation sites excluding steroid dienone is 1. The van der Waals surface area contributed by atoms with Crippen LogP contribution in [0.1, 0.15) is 18.1 Å². The number of benzene rings is 2. The summed E-state index contributed by atoms with van der Waals surface area (Å²) in [6, 6.07) is 12.4. The summed E-state index contributed by atoms with van der Waals surface area (Å²) >= 11 is 0. The van der Waals surface area contributed by atoms with E-state index in [9.17, 15) is 13.2 Å². The predicted molar refractivity (Wildman–Crippen MR) is 97.8 cm³/mol. The molecular weight excluding hydrogens is 353 g/mol. The van der Waals surface area contributed by atoms with Gasteiger partial charge in [-0.05, 0) is 48.2 Å². The second-order valence-corrected chi connectivity index (χ2v) is 6.21. The Balaban J connectivity index is 1.63. The molecule has 0 amide bonds. The SMILES string of the molecule is CC=CC1COC(C#Cc2ccc(-c3ccc(C(F)(F)F)cc3)cc2)OC1. The molecule has 0 aromatic heterocycles. The molecule has 1 aliphatic heterocycles. The van der Waals surface area contributed by atoms with Gasteiger partial charge in [0.1, 0.15) is 0 Å². The zero-order valence-electron chi connectivity index (χ0n) is 14.8. The van der Waals surface area contributed by atoms with Crippen molar-refractivity contribution >= 4 is 0 Å². The second-order valence-electron chi connectivity index (χ2n) is 6.21. The van der Waals surface area contributed by atoms with Crippen LogP contribution in [-0.2, 0) is 15.7 Å². The molecule has 0 atom stereocenters. The number of rotatable bonds is 2. The molecule has 0 spiro atoms. The van der Waals surface area contributed by atoms with Crippen LogP contribution in [0.2, 0.25) is 0 Å². The van der Waals surface area contributed by atoms with E-state index in [1.165, 1.54) is 12.1 Å². The number of hydrogen-bond donors (Lipinski definition) is 0. The van der Waals surface area contributed by atoms with Gasteiger partial charge in [-0.25, -0.2) is 0 Å². The molecule has 0 radical (unpaired) electrons. The zero-order valence-corrected chi connectivity index (χ0v) is 14.8. The first-order chi connectivity index (χ1) is 13.0. The third kappa shape index (κ3) is 5.22. The summed E-state index contributed by atoms with van der Waals surface area (Å²) in [7, 11) is 0. The molecule has 2 aromatic carbocycles. The molecule has 27 heavy (non-hydrogen) atoms. The molecule has 2 aromatic rings. The van der Waals surface area contributed by atoms with E-state index in [2.05, 4.69) is 11.8 Å². The topological polar surface area (TPSA) is 18.5 Å². The highest BCUT2D eigenvalue weighted by molar-refractivity contribution is 5.64. The molecule has 3 rings (SSSR count). The molecule has 0 bridgehead atoms. The fourth-order valence-electron chi connectivity index (χ4n) is 2.72. The molecule has 1 heterocycles. The van der Waals surface area contributed by atoms with E-state index in [1.54, 1.807) is 0 Å². The van der Waals surface area contributed by atoms with Crippen molar-refractivity contribution in [3.8, 4) is 23.0 Å². The highest BCUT2D eigenvalue weighted by Gasteiger charge is 2.29. The fraction of sp³-hybridized carbons (Fsp3) is 0.273. The van der Waals surface area contributed by atoms with E-state index in [4.69, 9.17) is 9.47 Å². The molecule has 0 N–H and O–H groups in total. The Morgan fingerprint density at radius 2 is 1.48 bits per heavy atom. The predicted octanol–water partition coefficient (Wildman–Crippen LogP) is 5.29. The molecule has 0 saturated carbocycles. The van der Waals surface area contributed by atoms with Gasteiger partial charge in [-0.15, -0.1) is 0 Å². The Bertz CT molecular complexity index is 832. The maximum atomic E-state index is 12.6. The maximum absolute atomic E-state index is 12.6. The van der Waals surface area contributed by atoms with Gasteiger partial charge in [0.15, 0.2) is 0 Å². The van der Waals surface area contributed by atoms with Crippen LogP contribution < -0.4 is 0 Å². The van der Waals surface area contributed by atoms with Gasteiger partial charge < -0.3 is 9.47 Å². The van der Waals surface area contributed by atoms with Crippen LogP contribution in [0.5, 0.6) is 0 Å². The summed E-state index contributed by atoms with van der Waals surface area (Å²) in [5.41, 5.74) is 1.68. The minimum atomic E-state index is -4.33. The van der Waals surface area contributed by atoms with Crippen molar-refractivity contribution < 1.29 is 22.6 Å². The largest absolute Gasteiger partial charge is 0.416 e. The molecule has 0 aliphatic carbocycles. The summed E-state index contributed by atoms with van der Waals surface area (Å²) in [5.74, 6) is 6.20. The molecule has 140 valence electrons. The number of alkyl halides is 3. The molecule has 5 heteroatoms. The van der Waals surface area contributed by atoms with Crippen molar-refractivity contribution in [1.82, 2.24) is 0 Å². The Hall–Kier alpha value is -2.55. The van der Waals surface area contributed by atoms with Gasteiger partial charge in [0, 0.05) is 11.5 Å². The summed E-state index contributed by atoms with van der Waals surface area (Å²) < 4.78 is 49.0. The van der Waals surface area contributed by atoms with Crippen molar-refractivity contribution in [1.29, 1.82) is 0 Å². The Morgan fingerprint density at radius 3 is 2.00 bits per heavy atom. The van der Waals surface area contributed by atoms with E-state index in [1.807, 2.05) is 43.3 Å². The van der Waals surface area contributed by atoms with Crippen molar-refractivity contribution in [2.45, 2.75) is 19.4 Å². The van der Waals surface area contributed by atoms with Crippen molar-refractivity contribution in [2.75, 3.05) is 13.2 Å². The van der Waals surface area contributed by atoms with Gasteiger partial charge in [0.2, 0.25) is 6.29 Å². The van der Waals surface area contributed by atoms with E-state index in [0.717, 1.165) is 28.8 Å². The van der Waals surface area contributed by atoms with Crippen LogP contribution in [0.15, 0.2) is 60.7 Å².